The number of nitrogens with one attached hydrogen (secondary N) is 1. The van der Waals surface area contributed by atoms with Gasteiger partial charge in [-0.2, -0.15) is 0 Å². The second-order valence-electron chi connectivity index (χ2n) is 4.12. The Morgan fingerprint density at radius 2 is 1.94 bits per heavy atom. The highest BCUT2D eigenvalue weighted by atomic mass is 16.5. The molecular formula is C12H21NO3. The van der Waals surface area contributed by atoms with Crippen LogP contribution in [-0.4, -0.2) is 25.0 Å². The molecule has 0 aliphatic heterocycles. The van der Waals surface area contributed by atoms with Gasteiger partial charge in [-0.05, 0) is 19.8 Å². The largest absolute Gasteiger partial charge is 0.467 e. The smallest absolute Gasteiger partial charge is 0.328 e. The Kier molecular flexibility index (Phi) is 6.46. The molecule has 0 saturated heterocycles. The fourth-order valence-corrected chi connectivity index (χ4v) is 1.25. The van der Waals surface area contributed by atoms with Crippen LogP contribution in [0.5, 0.6) is 0 Å². The van der Waals surface area contributed by atoms with Gasteiger partial charge in [-0.25, -0.2) is 4.79 Å². The molecule has 4 heteroatoms. The molecule has 0 heterocycles. The van der Waals surface area contributed by atoms with E-state index < -0.39 is 12.0 Å². The summed E-state index contributed by atoms with van der Waals surface area (Å²) in [5.41, 5.74) is 0.894. The number of ether oxygens (including phenoxy) is 1. The summed E-state index contributed by atoms with van der Waals surface area (Å²) in [6.45, 7) is 7.53. The van der Waals surface area contributed by atoms with Crippen molar-refractivity contribution < 1.29 is 14.3 Å². The number of rotatable bonds is 5. The second kappa shape index (κ2) is 7.04. The number of carbonyl (C=O) groups excluding carboxylic acids is 2. The summed E-state index contributed by atoms with van der Waals surface area (Å²) >= 11 is 0. The third-order valence-electron chi connectivity index (χ3n) is 2.39. The summed E-state index contributed by atoms with van der Waals surface area (Å²) in [6, 6.07) is -0.571. The lowest BCUT2D eigenvalue weighted by Crippen LogP contribution is -2.45. The Labute approximate surface area is 97.1 Å². The minimum Gasteiger partial charge on any atom is -0.467 e. The van der Waals surface area contributed by atoms with Crippen LogP contribution in [-0.2, 0) is 14.3 Å². The lowest BCUT2D eigenvalue weighted by molar-refractivity contribution is -0.146. The SMILES string of the molecule is CC[C@H](C)[C@H](NC(=O)C=C(C)C)C(=O)OC. The van der Waals surface area contributed by atoms with Crippen LogP contribution in [0.1, 0.15) is 34.1 Å². The number of allylic oxidation sites excluding steroid dienone is 1. The quantitative estimate of drug-likeness (QED) is 0.574. The van der Waals surface area contributed by atoms with Gasteiger partial charge in [0.15, 0.2) is 0 Å². The predicted octanol–water partition coefficient (Wildman–Crippen LogP) is 1.66. The van der Waals surface area contributed by atoms with Crippen molar-refractivity contribution in [2.75, 3.05) is 7.11 Å². The van der Waals surface area contributed by atoms with E-state index >= 15 is 0 Å². The molecule has 0 rings (SSSR count). The summed E-state index contributed by atoms with van der Waals surface area (Å²) in [7, 11) is 1.32. The van der Waals surface area contributed by atoms with E-state index in [-0.39, 0.29) is 11.8 Å². The van der Waals surface area contributed by atoms with E-state index in [0.717, 1.165) is 12.0 Å². The first-order chi connectivity index (χ1) is 7.42. The van der Waals surface area contributed by atoms with Gasteiger partial charge in [0.1, 0.15) is 6.04 Å². The van der Waals surface area contributed by atoms with E-state index in [4.69, 9.17) is 0 Å². The van der Waals surface area contributed by atoms with Gasteiger partial charge in [0, 0.05) is 6.08 Å². The van der Waals surface area contributed by atoms with Crippen molar-refractivity contribution in [3.05, 3.63) is 11.6 Å². The Hall–Kier alpha value is -1.32. The first-order valence-electron chi connectivity index (χ1n) is 5.45. The van der Waals surface area contributed by atoms with E-state index in [1.807, 2.05) is 27.7 Å². The molecule has 1 N–H and O–H groups in total. The Balaban J connectivity index is 4.61. The normalized spacial score (nSPS) is 13.6. The van der Waals surface area contributed by atoms with E-state index in [1.54, 1.807) is 0 Å². The number of carbonyl (C=O) groups is 2. The minimum atomic E-state index is -0.571. The van der Waals surface area contributed by atoms with E-state index in [1.165, 1.54) is 13.2 Å². The Morgan fingerprint density at radius 1 is 1.38 bits per heavy atom. The van der Waals surface area contributed by atoms with Gasteiger partial charge in [0.05, 0.1) is 7.11 Å². The van der Waals surface area contributed by atoms with Crippen LogP contribution in [0.2, 0.25) is 0 Å². The van der Waals surface area contributed by atoms with Crippen LogP contribution in [0.25, 0.3) is 0 Å². The fraction of sp³-hybridized carbons (Fsp3) is 0.667. The van der Waals surface area contributed by atoms with E-state index in [9.17, 15) is 9.59 Å². The molecule has 4 nitrogen and oxygen atoms in total. The third-order valence-corrected chi connectivity index (χ3v) is 2.39. The van der Waals surface area contributed by atoms with Crippen molar-refractivity contribution in [3.63, 3.8) is 0 Å². The maximum absolute atomic E-state index is 11.5. The van der Waals surface area contributed by atoms with Gasteiger partial charge >= 0.3 is 5.97 Å². The Morgan fingerprint density at radius 3 is 2.31 bits per heavy atom. The van der Waals surface area contributed by atoms with Gasteiger partial charge in [-0.1, -0.05) is 25.8 Å². The summed E-state index contributed by atoms with van der Waals surface area (Å²) in [6.07, 6.45) is 2.27. The summed E-state index contributed by atoms with van der Waals surface area (Å²) in [4.78, 5) is 23.0. The maximum Gasteiger partial charge on any atom is 0.328 e. The van der Waals surface area contributed by atoms with Gasteiger partial charge in [-0.3, -0.25) is 4.79 Å². The molecule has 1 amide bonds. The van der Waals surface area contributed by atoms with Gasteiger partial charge < -0.3 is 10.1 Å². The van der Waals surface area contributed by atoms with Crippen molar-refractivity contribution in [3.8, 4) is 0 Å². The van der Waals surface area contributed by atoms with Crippen LogP contribution in [0.15, 0.2) is 11.6 Å². The zero-order chi connectivity index (χ0) is 12.7. The third kappa shape index (κ3) is 4.96. The molecule has 0 aromatic carbocycles. The topological polar surface area (TPSA) is 55.4 Å². The molecule has 0 bridgehead atoms. The highest BCUT2D eigenvalue weighted by molar-refractivity contribution is 5.91. The number of esters is 1. The molecule has 0 spiro atoms. The molecule has 0 saturated carbocycles. The minimum absolute atomic E-state index is 0.0574. The second-order valence-corrected chi connectivity index (χ2v) is 4.12. The highest BCUT2D eigenvalue weighted by Crippen LogP contribution is 2.09. The number of hydrogen-bond acceptors (Lipinski definition) is 3. The summed E-state index contributed by atoms with van der Waals surface area (Å²) in [5.74, 6) is -0.595. The van der Waals surface area contributed by atoms with Crippen molar-refractivity contribution in [2.24, 2.45) is 5.92 Å². The van der Waals surface area contributed by atoms with Crippen molar-refractivity contribution in [2.45, 2.75) is 40.2 Å². The first kappa shape index (κ1) is 14.7. The van der Waals surface area contributed by atoms with E-state index in [0.29, 0.717) is 0 Å². The Bertz CT molecular complexity index is 280. The molecule has 0 aromatic heterocycles. The summed E-state index contributed by atoms with van der Waals surface area (Å²) in [5, 5.41) is 2.66. The molecule has 0 aliphatic rings. The molecule has 92 valence electrons. The van der Waals surface area contributed by atoms with Crippen LogP contribution in [0.4, 0.5) is 0 Å². The molecular weight excluding hydrogens is 206 g/mol. The molecule has 0 fully saturated rings. The zero-order valence-electron chi connectivity index (χ0n) is 10.7. The molecule has 0 radical (unpaired) electrons. The number of hydrogen-bond donors (Lipinski definition) is 1. The maximum atomic E-state index is 11.5. The number of amides is 1. The highest BCUT2D eigenvalue weighted by Gasteiger charge is 2.25. The van der Waals surface area contributed by atoms with Crippen LogP contribution >= 0.6 is 0 Å². The van der Waals surface area contributed by atoms with Crippen LogP contribution < -0.4 is 5.32 Å². The predicted molar refractivity (Wildman–Crippen MR) is 62.8 cm³/mol. The van der Waals surface area contributed by atoms with Gasteiger partial charge in [-0.15, -0.1) is 0 Å². The van der Waals surface area contributed by atoms with Crippen molar-refractivity contribution in [1.29, 1.82) is 0 Å². The molecule has 0 unspecified atom stereocenters. The lowest BCUT2D eigenvalue weighted by Gasteiger charge is -2.21. The monoisotopic (exact) mass is 227 g/mol. The molecule has 16 heavy (non-hydrogen) atoms. The average Bonchev–Trinajstić information content (AvgIpc) is 2.22. The fourth-order valence-electron chi connectivity index (χ4n) is 1.25. The number of methoxy groups -OCH3 is 1. The first-order valence-corrected chi connectivity index (χ1v) is 5.45. The van der Waals surface area contributed by atoms with Crippen LogP contribution in [0, 0.1) is 5.92 Å². The van der Waals surface area contributed by atoms with Gasteiger partial charge in [0.2, 0.25) is 5.91 Å². The van der Waals surface area contributed by atoms with Crippen LogP contribution in [0.3, 0.4) is 0 Å². The standard InChI is InChI=1S/C12H21NO3/c1-6-9(4)11(12(15)16-5)13-10(14)7-8(2)3/h7,9,11H,6H2,1-5H3,(H,13,14)/t9-,11-/m0/s1. The lowest BCUT2D eigenvalue weighted by atomic mass is 9.99. The molecule has 0 aromatic rings. The summed E-state index contributed by atoms with van der Waals surface area (Å²) < 4.78 is 4.67. The average molecular weight is 227 g/mol. The zero-order valence-corrected chi connectivity index (χ0v) is 10.7. The molecule has 2 atom stereocenters. The van der Waals surface area contributed by atoms with Crippen molar-refractivity contribution in [1.82, 2.24) is 5.32 Å². The van der Waals surface area contributed by atoms with E-state index in [2.05, 4.69) is 10.1 Å². The van der Waals surface area contributed by atoms with Gasteiger partial charge in [0.25, 0.3) is 0 Å². The van der Waals surface area contributed by atoms with Crippen molar-refractivity contribution >= 4 is 11.9 Å². The molecule has 0 aliphatic carbocycles.